The van der Waals surface area contributed by atoms with E-state index in [1.165, 1.54) is 0 Å². The Morgan fingerprint density at radius 1 is 1.44 bits per heavy atom. The van der Waals surface area contributed by atoms with Crippen molar-refractivity contribution in [2.45, 2.75) is 25.6 Å². The summed E-state index contributed by atoms with van der Waals surface area (Å²) in [5.74, 6) is 0. The number of halogens is 1. The highest BCUT2D eigenvalue weighted by Crippen LogP contribution is 2.25. The standard InChI is InChI=1S/C14H20ClNO2/c1-14(2)10-16(7-8-18-14)9-13(17)11-5-3-4-6-12(11)15/h3-6,13,17H,7-10H2,1-2H3. The third-order valence-electron chi connectivity index (χ3n) is 3.20. The molecule has 4 heteroatoms. The second kappa shape index (κ2) is 5.57. The highest BCUT2D eigenvalue weighted by atomic mass is 35.5. The first-order valence-corrected chi connectivity index (χ1v) is 6.64. The molecule has 1 fully saturated rings. The van der Waals surface area contributed by atoms with Gasteiger partial charge in [-0.1, -0.05) is 29.8 Å². The molecule has 0 saturated carbocycles. The molecule has 0 aromatic heterocycles. The van der Waals surface area contributed by atoms with Crippen molar-refractivity contribution >= 4 is 11.6 Å². The monoisotopic (exact) mass is 269 g/mol. The first-order chi connectivity index (χ1) is 8.48. The molecule has 1 aromatic carbocycles. The molecule has 0 spiro atoms. The van der Waals surface area contributed by atoms with Gasteiger partial charge in [0, 0.05) is 30.2 Å². The number of β-amino-alcohol motifs (C(OH)–C–C–N with tert-alkyl or cyclic N) is 1. The number of aliphatic hydroxyl groups is 1. The van der Waals surface area contributed by atoms with Crippen LogP contribution in [0.2, 0.25) is 5.02 Å². The van der Waals surface area contributed by atoms with Crippen molar-refractivity contribution < 1.29 is 9.84 Å². The van der Waals surface area contributed by atoms with E-state index in [4.69, 9.17) is 16.3 Å². The molecule has 100 valence electrons. The summed E-state index contributed by atoms with van der Waals surface area (Å²) in [5.41, 5.74) is 0.654. The molecule has 0 amide bonds. The Hall–Kier alpha value is -0.610. The summed E-state index contributed by atoms with van der Waals surface area (Å²) in [6, 6.07) is 7.45. The van der Waals surface area contributed by atoms with Crippen LogP contribution in [0, 0.1) is 0 Å². The van der Waals surface area contributed by atoms with Gasteiger partial charge in [0.1, 0.15) is 0 Å². The average molecular weight is 270 g/mol. The molecule has 1 unspecified atom stereocenters. The van der Waals surface area contributed by atoms with Crippen LogP contribution in [0.5, 0.6) is 0 Å². The number of rotatable bonds is 3. The first kappa shape index (κ1) is 13.8. The van der Waals surface area contributed by atoms with Crippen LogP contribution >= 0.6 is 11.6 Å². The topological polar surface area (TPSA) is 32.7 Å². The first-order valence-electron chi connectivity index (χ1n) is 6.27. The minimum atomic E-state index is -0.549. The summed E-state index contributed by atoms with van der Waals surface area (Å²) in [7, 11) is 0. The Labute approximate surface area is 113 Å². The number of aliphatic hydroxyl groups excluding tert-OH is 1. The molecule has 18 heavy (non-hydrogen) atoms. The Bertz CT molecular complexity index is 409. The van der Waals surface area contributed by atoms with Gasteiger partial charge in [0.2, 0.25) is 0 Å². The lowest BCUT2D eigenvalue weighted by Crippen LogP contribution is -2.49. The van der Waals surface area contributed by atoms with Crippen LogP contribution in [0.1, 0.15) is 25.5 Å². The van der Waals surface area contributed by atoms with E-state index in [1.54, 1.807) is 0 Å². The van der Waals surface area contributed by atoms with E-state index >= 15 is 0 Å². The molecule has 1 aromatic rings. The summed E-state index contributed by atoms with van der Waals surface area (Å²) in [6.45, 7) is 7.13. The minimum absolute atomic E-state index is 0.140. The maximum atomic E-state index is 10.3. The fourth-order valence-corrected chi connectivity index (χ4v) is 2.62. The lowest BCUT2D eigenvalue weighted by Gasteiger charge is -2.39. The number of hydrogen-bond donors (Lipinski definition) is 1. The van der Waals surface area contributed by atoms with E-state index in [2.05, 4.69) is 18.7 Å². The number of morpholine rings is 1. The fourth-order valence-electron chi connectivity index (χ4n) is 2.36. The van der Waals surface area contributed by atoms with E-state index in [1.807, 2.05) is 24.3 Å². The lowest BCUT2D eigenvalue weighted by atomic mass is 10.1. The smallest absolute Gasteiger partial charge is 0.0931 e. The van der Waals surface area contributed by atoms with Crippen LogP contribution < -0.4 is 0 Å². The van der Waals surface area contributed by atoms with Crippen LogP contribution in [0.3, 0.4) is 0 Å². The molecule has 0 bridgehead atoms. The van der Waals surface area contributed by atoms with E-state index in [9.17, 15) is 5.11 Å². The van der Waals surface area contributed by atoms with Gasteiger partial charge in [-0.2, -0.15) is 0 Å². The summed E-state index contributed by atoms with van der Waals surface area (Å²) < 4.78 is 5.66. The Morgan fingerprint density at radius 3 is 2.83 bits per heavy atom. The zero-order valence-electron chi connectivity index (χ0n) is 10.9. The fraction of sp³-hybridized carbons (Fsp3) is 0.571. The van der Waals surface area contributed by atoms with Gasteiger partial charge in [0.25, 0.3) is 0 Å². The number of nitrogens with zero attached hydrogens (tertiary/aromatic N) is 1. The molecule has 1 saturated heterocycles. The van der Waals surface area contributed by atoms with Gasteiger partial charge in [0.15, 0.2) is 0 Å². The Balaban J connectivity index is 1.99. The predicted molar refractivity (Wildman–Crippen MR) is 72.9 cm³/mol. The molecule has 1 aliphatic rings. The molecule has 1 atom stereocenters. The van der Waals surface area contributed by atoms with Crippen molar-refractivity contribution in [1.82, 2.24) is 4.90 Å². The van der Waals surface area contributed by atoms with Crippen LogP contribution in [0.4, 0.5) is 0 Å². The van der Waals surface area contributed by atoms with Crippen molar-refractivity contribution in [3.63, 3.8) is 0 Å². The molecule has 1 heterocycles. The molecule has 1 aliphatic heterocycles. The highest BCUT2D eigenvalue weighted by Gasteiger charge is 2.28. The third-order valence-corrected chi connectivity index (χ3v) is 3.54. The number of ether oxygens (including phenoxy) is 1. The highest BCUT2D eigenvalue weighted by molar-refractivity contribution is 6.31. The Kier molecular flexibility index (Phi) is 4.28. The van der Waals surface area contributed by atoms with Gasteiger partial charge in [-0.3, -0.25) is 4.90 Å². The van der Waals surface area contributed by atoms with Crippen molar-refractivity contribution in [2.75, 3.05) is 26.2 Å². The van der Waals surface area contributed by atoms with Gasteiger partial charge in [0.05, 0.1) is 18.3 Å². The van der Waals surface area contributed by atoms with E-state index in [-0.39, 0.29) is 5.60 Å². The average Bonchev–Trinajstić information content (AvgIpc) is 2.28. The zero-order chi connectivity index (χ0) is 13.2. The van der Waals surface area contributed by atoms with Crippen molar-refractivity contribution in [3.8, 4) is 0 Å². The van der Waals surface area contributed by atoms with Crippen LogP contribution in [0.25, 0.3) is 0 Å². The van der Waals surface area contributed by atoms with Gasteiger partial charge in [-0.05, 0) is 19.9 Å². The van der Waals surface area contributed by atoms with Gasteiger partial charge < -0.3 is 9.84 Å². The summed E-state index contributed by atoms with van der Waals surface area (Å²) in [4.78, 5) is 2.22. The normalized spacial score (nSPS) is 21.8. The second-order valence-corrected chi connectivity index (χ2v) is 5.79. The third kappa shape index (κ3) is 3.45. The predicted octanol–water partition coefficient (Wildman–Crippen LogP) is 2.48. The van der Waals surface area contributed by atoms with Gasteiger partial charge in [-0.15, -0.1) is 0 Å². The molecule has 1 N–H and O–H groups in total. The van der Waals surface area contributed by atoms with Crippen molar-refractivity contribution in [2.24, 2.45) is 0 Å². The lowest BCUT2D eigenvalue weighted by molar-refractivity contribution is -0.0932. The molecular weight excluding hydrogens is 250 g/mol. The second-order valence-electron chi connectivity index (χ2n) is 5.38. The van der Waals surface area contributed by atoms with E-state index in [0.29, 0.717) is 18.2 Å². The van der Waals surface area contributed by atoms with Crippen molar-refractivity contribution in [1.29, 1.82) is 0 Å². The molecule has 3 nitrogen and oxygen atoms in total. The molecule has 0 aliphatic carbocycles. The van der Waals surface area contributed by atoms with Crippen LogP contribution in [0.15, 0.2) is 24.3 Å². The Morgan fingerprint density at radius 2 is 2.17 bits per heavy atom. The minimum Gasteiger partial charge on any atom is -0.387 e. The SMILES string of the molecule is CC1(C)CN(CC(O)c2ccccc2Cl)CCO1. The van der Waals surface area contributed by atoms with E-state index < -0.39 is 6.10 Å². The maximum absolute atomic E-state index is 10.3. The van der Waals surface area contributed by atoms with Gasteiger partial charge in [-0.25, -0.2) is 0 Å². The molecule has 2 rings (SSSR count). The zero-order valence-corrected chi connectivity index (χ0v) is 11.7. The van der Waals surface area contributed by atoms with Gasteiger partial charge >= 0.3 is 0 Å². The summed E-state index contributed by atoms with van der Waals surface area (Å²) in [5, 5.41) is 10.9. The maximum Gasteiger partial charge on any atom is 0.0931 e. The largest absolute Gasteiger partial charge is 0.387 e. The van der Waals surface area contributed by atoms with Crippen LogP contribution in [-0.4, -0.2) is 41.8 Å². The summed E-state index contributed by atoms with van der Waals surface area (Å²) in [6.07, 6.45) is -0.549. The van der Waals surface area contributed by atoms with Crippen LogP contribution in [-0.2, 0) is 4.74 Å². The van der Waals surface area contributed by atoms with E-state index in [0.717, 1.165) is 18.7 Å². The molecular formula is C14H20ClNO2. The summed E-state index contributed by atoms with van der Waals surface area (Å²) >= 11 is 6.09. The number of hydrogen-bond acceptors (Lipinski definition) is 3. The number of benzene rings is 1. The molecule has 0 radical (unpaired) electrons. The van der Waals surface area contributed by atoms with Crippen molar-refractivity contribution in [3.05, 3.63) is 34.9 Å². The quantitative estimate of drug-likeness (QED) is 0.915.